The van der Waals surface area contributed by atoms with E-state index in [2.05, 4.69) is 4.89 Å². The van der Waals surface area contributed by atoms with Gasteiger partial charge in [-0.2, -0.15) is 0 Å². The van der Waals surface area contributed by atoms with Crippen molar-refractivity contribution in [2.24, 2.45) is 0 Å². The van der Waals surface area contributed by atoms with Crippen LogP contribution in [0.2, 0.25) is 0 Å². The Labute approximate surface area is 174 Å². The van der Waals surface area contributed by atoms with Crippen LogP contribution in [0.25, 0.3) is 12.2 Å². The normalized spacial score (nSPS) is 11.0. The zero-order valence-electron chi connectivity index (χ0n) is 16.3. The van der Waals surface area contributed by atoms with Gasteiger partial charge in [-0.3, -0.25) is 9.59 Å². The molecule has 0 amide bonds. The van der Waals surface area contributed by atoms with Crippen molar-refractivity contribution < 1.29 is 24.5 Å². The van der Waals surface area contributed by atoms with Crippen LogP contribution in [0.15, 0.2) is 84.9 Å². The maximum Gasteiger partial charge on any atom is 0.185 e. The Kier molecular flexibility index (Phi) is 6.92. The first-order chi connectivity index (χ1) is 14.6. The van der Waals surface area contributed by atoms with Crippen molar-refractivity contribution in [3.63, 3.8) is 0 Å². The Balaban J connectivity index is 1.62. The monoisotopic (exact) mass is 400 g/mol. The number of hydrogen-bond donors (Lipinski definition) is 1. The van der Waals surface area contributed by atoms with Gasteiger partial charge < -0.3 is 9.62 Å². The Morgan fingerprint density at radius 2 is 1.07 bits per heavy atom. The van der Waals surface area contributed by atoms with Crippen molar-refractivity contribution in [2.75, 3.05) is 7.11 Å². The second-order valence-corrected chi connectivity index (χ2v) is 6.41. The van der Waals surface area contributed by atoms with Crippen molar-refractivity contribution in [2.45, 2.75) is 0 Å². The number of benzene rings is 3. The van der Waals surface area contributed by atoms with E-state index in [4.69, 9.17) is 9.99 Å². The number of rotatable bonds is 8. The minimum Gasteiger partial charge on any atom is -0.497 e. The quantitative estimate of drug-likeness (QED) is 0.239. The van der Waals surface area contributed by atoms with Gasteiger partial charge in [0.05, 0.1) is 7.11 Å². The molecule has 0 saturated carbocycles. The zero-order valence-corrected chi connectivity index (χ0v) is 16.3. The highest BCUT2D eigenvalue weighted by Gasteiger charge is 2.05. The Morgan fingerprint density at radius 3 is 1.43 bits per heavy atom. The smallest absolute Gasteiger partial charge is 0.185 e. The van der Waals surface area contributed by atoms with Crippen molar-refractivity contribution in [3.8, 4) is 11.5 Å². The van der Waals surface area contributed by atoms with E-state index < -0.39 is 0 Å². The lowest BCUT2D eigenvalue weighted by Crippen LogP contribution is -1.98. The molecule has 3 rings (SSSR count). The summed E-state index contributed by atoms with van der Waals surface area (Å²) in [6, 6.07) is 20.5. The number of ketones is 2. The predicted molar refractivity (Wildman–Crippen MR) is 116 cm³/mol. The van der Waals surface area contributed by atoms with Crippen LogP contribution in [0, 0.1) is 0 Å². The summed E-state index contributed by atoms with van der Waals surface area (Å²) in [5.41, 5.74) is 2.66. The van der Waals surface area contributed by atoms with Gasteiger partial charge in [-0.05, 0) is 47.5 Å². The van der Waals surface area contributed by atoms with Crippen molar-refractivity contribution >= 4 is 23.7 Å². The molecule has 0 radical (unpaired) electrons. The lowest BCUT2D eigenvalue weighted by Gasteiger charge is -2.00. The van der Waals surface area contributed by atoms with Crippen molar-refractivity contribution in [1.29, 1.82) is 0 Å². The molecule has 0 saturated heterocycles. The standard InChI is InChI=1S/C25H20O5/c1-29-22-12-2-18(3-13-22)6-16-24(26)20-8-10-21(11-9-20)25(27)17-7-19-4-14-23(30-28)15-5-19/h2-17,28H,1H3/b16-6+,17-7+. The fourth-order valence-corrected chi connectivity index (χ4v) is 2.69. The number of ether oxygens (including phenoxy) is 1. The largest absolute Gasteiger partial charge is 0.497 e. The van der Waals surface area contributed by atoms with Crippen LogP contribution in [-0.4, -0.2) is 23.9 Å². The van der Waals surface area contributed by atoms with Crippen LogP contribution in [0.3, 0.4) is 0 Å². The molecule has 5 heteroatoms. The van der Waals surface area contributed by atoms with Crippen LogP contribution in [0.5, 0.6) is 11.5 Å². The van der Waals surface area contributed by atoms with E-state index in [1.807, 2.05) is 24.3 Å². The summed E-state index contributed by atoms with van der Waals surface area (Å²) in [6.45, 7) is 0. The number of hydrogen-bond acceptors (Lipinski definition) is 5. The van der Waals surface area contributed by atoms with Gasteiger partial charge >= 0.3 is 0 Å². The van der Waals surface area contributed by atoms with E-state index in [0.717, 1.165) is 16.9 Å². The second kappa shape index (κ2) is 10.0. The Bertz CT molecular complexity index is 972. The summed E-state index contributed by atoms with van der Waals surface area (Å²) < 4.78 is 5.11. The molecular weight excluding hydrogens is 380 g/mol. The first kappa shape index (κ1) is 20.8. The summed E-state index contributed by atoms with van der Waals surface area (Å²) in [5.74, 6) is 0.751. The van der Waals surface area contributed by atoms with E-state index in [0.29, 0.717) is 16.9 Å². The maximum atomic E-state index is 12.3. The van der Waals surface area contributed by atoms with Crippen molar-refractivity contribution in [1.82, 2.24) is 0 Å². The van der Waals surface area contributed by atoms with Gasteiger partial charge in [0.1, 0.15) is 5.75 Å². The lowest BCUT2D eigenvalue weighted by molar-refractivity contribution is -0.137. The molecule has 0 aliphatic carbocycles. The number of carbonyl (C=O) groups is 2. The van der Waals surface area contributed by atoms with Crippen LogP contribution >= 0.6 is 0 Å². The molecule has 0 spiro atoms. The predicted octanol–water partition coefficient (Wildman–Crippen LogP) is 5.34. The van der Waals surface area contributed by atoms with E-state index in [-0.39, 0.29) is 11.6 Å². The number of allylic oxidation sites excluding steroid dienone is 2. The summed E-state index contributed by atoms with van der Waals surface area (Å²) in [7, 11) is 1.60. The second-order valence-electron chi connectivity index (χ2n) is 6.41. The lowest BCUT2D eigenvalue weighted by atomic mass is 10.0. The summed E-state index contributed by atoms with van der Waals surface area (Å²) in [5, 5.41) is 8.56. The molecule has 150 valence electrons. The molecule has 0 atom stereocenters. The maximum absolute atomic E-state index is 12.3. The molecule has 1 N–H and O–H groups in total. The molecular formula is C25H20O5. The molecule has 0 bridgehead atoms. The molecule has 0 fully saturated rings. The van der Waals surface area contributed by atoms with E-state index >= 15 is 0 Å². The molecule has 5 nitrogen and oxygen atoms in total. The topological polar surface area (TPSA) is 72.8 Å². The van der Waals surface area contributed by atoms with Crippen LogP contribution < -0.4 is 9.62 Å². The Hall–Kier alpha value is -3.96. The average molecular weight is 400 g/mol. The molecule has 0 aliphatic rings. The van der Waals surface area contributed by atoms with Gasteiger partial charge in [0.2, 0.25) is 0 Å². The Morgan fingerprint density at radius 1 is 0.667 bits per heavy atom. The summed E-state index contributed by atoms with van der Waals surface area (Å²) in [6.07, 6.45) is 6.35. The van der Waals surface area contributed by atoms with Crippen LogP contribution in [0.4, 0.5) is 0 Å². The molecule has 30 heavy (non-hydrogen) atoms. The third kappa shape index (κ3) is 5.53. The fourth-order valence-electron chi connectivity index (χ4n) is 2.69. The summed E-state index contributed by atoms with van der Waals surface area (Å²) in [4.78, 5) is 28.8. The minimum atomic E-state index is -0.176. The van der Waals surface area contributed by atoms with E-state index in [1.165, 1.54) is 12.2 Å². The SMILES string of the molecule is COc1ccc(/C=C/C(=O)c2ccc(C(=O)/C=C/c3ccc(OO)cc3)cc2)cc1. The minimum absolute atomic E-state index is 0.147. The molecule has 3 aromatic rings. The van der Waals surface area contributed by atoms with Crippen molar-refractivity contribution in [3.05, 3.63) is 107 Å². The number of methoxy groups -OCH3 is 1. The molecule has 0 aromatic heterocycles. The molecule has 3 aromatic carbocycles. The molecule has 0 heterocycles. The molecule has 0 unspecified atom stereocenters. The molecule has 0 aliphatic heterocycles. The highest BCUT2D eigenvalue weighted by atomic mass is 17.1. The van der Waals surface area contributed by atoms with E-state index in [1.54, 1.807) is 67.8 Å². The first-order valence-electron chi connectivity index (χ1n) is 9.19. The average Bonchev–Trinajstić information content (AvgIpc) is 2.81. The first-order valence-corrected chi connectivity index (χ1v) is 9.19. The van der Waals surface area contributed by atoms with Gasteiger partial charge in [0.15, 0.2) is 17.3 Å². The third-order valence-corrected chi connectivity index (χ3v) is 4.41. The van der Waals surface area contributed by atoms with Crippen LogP contribution in [-0.2, 0) is 0 Å². The van der Waals surface area contributed by atoms with E-state index in [9.17, 15) is 9.59 Å². The van der Waals surface area contributed by atoms with Gasteiger partial charge in [-0.1, -0.05) is 60.7 Å². The number of carbonyl (C=O) groups excluding carboxylic acids is 2. The zero-order chi connectivity index (χ0) is 21.3. The highest BCUT2D eigenvalue weighted by molar-refractivity contribution is 6.09. The summed E-state index contributed by atoms with van der Waals surface area (Å²) >= 11 is 0. The highest BCUT2D eigenvalue weighted by Crippen LogP contribution is 2.15. The fraction of sp³-hybridized carbons (Fsp3) is 0.0400. The van der Waals surface area contributed by atoms with Gasteiger partial charge in [0.25, 0.3) is 0 Å². The van der Waals surface area contributed by atoms with Gasteiger partial charge in [-0.25, -0.2) is 5.26 Å². The van der Waals surface area contributed by atoms with Crippen LogP contribution in [0.1, 0.15) is 31.8 Å². The third-order valence-electron chi connectivity index (χ3n) is 4.41. The van der Waals surface area contributed by atoms with Gasteiger partial charge in [-0.15, -0.1) is 0 Å². The van der Waals surface area contributed by atoms with Gasteiger partial charge in [0, 0.05) is 11.1 Å².